The fourth-order valence-corrected chi connectivity index (χ4v) is 3.20. The molecule has 0 aliphatic carbocycles. The van der Waals surface area contributed by atoms with Crippen LogP contribution in [0.5, 0.6) is 11.5 Å². The number of aliphatic hydroxyl groups is 1. The summed E-state index contributed by atoms with van der Waals surface area (Å²) >= 11 is 0. The lowest BCUT2D eigenvalue weighted by Gasteiger charge is -2.18. The first-order chi connectivity index (χ1) is 13.7. The van der Waals surface area contributed by atoms with Crippen molar-refractivity contribution in [3.05, 3.63) is 83.9 Å². The Labute approximate surface area is 166 Å². The van der Waals surface area contributed by atoms with Crippen LogP contribution in [0.3, 0.4) is 0 Å². The van der Waals surface area contributed by atoms with Gasteiger partial charge in [0.25, 0.3) is 0 Å². The molecule has 146 valence electrons. The van der Waals surface area contributed by atoms with E-state index in [0.29, 0.717) is 6.54 Å². The van der Waals surface area contributed by atoms with Crippen molar-refractivity contribution in [2.75, 3.05) is 20.8 Å². The van der Waals surface area contributed by atoms with Crippen LogP contribution in [0.2, 0.25) is 0 Å². The van der Waals surface area contributed by atoms with Crippen LogP contribution in [0.4, 0.5) is 0 Å². The fraction of sp³-hybridized carbons (Fsp3) is 0.250. The first-order valence-electron chi connectivity index (χ1n) is 9.43. The standard InChI is InChI=1S/C24H27NO3/c1-27-23-13-12-21(24(15-23)28-2)16-25-22(17-26)14-18-8-10-20(11-9-18)19-6-4-3-5-7-19/h3-13,15,22,25-26H,14,16-17H2,1-2H3/t22-/m1/s1. The minimum absolute atomic E-state index is 0.0330. The Kier molecular flexibility index (Phi) is 7.06. The van der Waals surface area contributed by atoms with Gasteiger partial charge in [0, 0.05) is 24.2 Å². The van der Waals surface area contributed by atoms with E-state index in [9.17, 15) is 5.11 Å². The van der Waals surface area contributed by atoms with Crippen molar-refractivity contribution in [2.24, 2.45) is 0 Å². The van der Waals surface area contributed by atoms with Crippen LogP contribution in [-0.2, 0) is 13.0 Å². The molecule has 0 aliphatic rings. The highest BCUT2D eigenvalue weighted by Gasteiger charge is 2.11. The average Bonchev–Trinajstić information content (AvgIpc) is 2.77. The maximum atomic E-state index is 9.79. The van der Waals surface area contributed by atoms with E-state index in [2.05, 4.69) is 41.7 Å². The molecule has 28 heavy (non-hydrogen) atoms. The molecule has 0 saturated heterocycles. The number of ether oxygens (including phenoxy) is 2. The summed E-state index contributed by atoms with van der Waals surface area (Å²) in [6.07, 6.45) is 0.754. The van der Waals surface area contributed by atoms with Gasteiger partial charge in [0.15, 0.2) is 0 Å². The van der Waals surface area contributed by atoms with Gasteiger partial charge in [-0.2, -0.15) is 0 Å². The molecular formula is C24H27NO3. The topological polar surface area (TPSA) is 50.7 Å². The van der Waals surface area contributed by atoms with Crippen molar-refractivity contribution in [1.29, 1.82) is 0 Å². The van der Waals surface area contributed by atoms with Gasteiger partial charge in [0.1, 0.15) is 11.5 Å². The summed E-state index contributed by atoms with van der Waals surface area (Å²) in [6.45, 7) is 0.680. The third kappa shape index (κ3) is 5.12. The van der Waals surface area contributed by atoms with Crippen LogP contribution in [0.25, 0.3) is 11.1 Å². The molecule has 0 radical (unpaired) electrons. The van der Waals surface area contributed by atoms with E-state index in [1.165, 1.54) is 16.7 Å². The molecule has 0 spiro atoms. The van der Waals surface area contributed by atoms with Crippen LogP contribution >= 0.6 is 0 Å². The van der Waals surface area contributed by atoms with E-state index in [0.717, 1.165) is 23.5 Å². The summed E-state index contributed by atoms with van der Waals surface area (Å²) in [5, 5.41) is 13.2. The molecule has 0 saturated carbocycles. The second-order valence-corrected chi connectivity index (χ2v) is 6.71. The molecule has 4 heteroatoms. The molecule has 0 amide bonds. The van der Waals surface area contributed by atoms with Crippen molar-refractivity contribution in [3.63, 3.8) is 0 Å². The molecule has 0 aliphatic heterocycles. The number of methoxy groups -OCH3 is 2. The summed E-state index contributed by atoms with van der Waals surface area (Å²) in [5.74, 6) is 1.54. The van der Waals surface area contributed by atoms with E-state index in [1.807, 2.05) is 36.4 Å². The van der Waals surface area contributed by atoms with Crippen molar-refractivity contribution >= 4 is 0 Å². The van der Waals surface area contributed by atoms with Crippen molar-refractivity contribution in [1.82, 2.24) is 5.32 Å². The summed E-state index contributed by atoms with van der Waals surface area (Å²) in [4.78, 5) is 0. The Morgan fingerprint density at radius 2 is 1.57 bits per heavy atom. The summed E-state index contributed by atoms with van der Waals surface area (Å²) < 4.78 is 10.7. The van der Waals surface area contributed by atoms with E-state index in [4.69, 9.17) is 9.47 Å². The SMILES string of the molecule is COc1ccc(CN[C@@H](CO)Cc2ccc(-c3ccccc3)cc2)c(OC)c1. The van der Waals surface area contributed by atoms with E-state index >= 15 is 0 Å². The van der Waals surface area contributed by atoms with E-state index in [-0.39, 0.29) is 12.6 Å². The van der Waals surface area contributed by atoms with Gasteiger partial charge in [-0.25, -0.2) is 0 Å². The lowest BCUT2D eigenvalue weighted by Crippen LogP contribution is -2.34. The number of benzene rings is 3. The lowest BCUT2D eigenvalue weighted by molar-refractivity contribution is 0.240. The summed E-state index contributed by atoms with van der Waals surface area (Å²) in [5.41, 5.74) is 4.62. The quantitative estimate of drug-likeness (QED) is 0.590. The van der Waals surface area contributed by atoms with Crippen molar-refractivity contribution < 1.29 is 14.6 Å². The average molecular weight is 377 g/mol. The zero-order valence-corrected chi connectivity index (χ0v) is 16.4. The van der Waals surface area contributed by atoms with Gasteiger partial charge in [0.2, 0.25) is 0 Å². The first kappa shape index (κ1) is 19.9. The predicted molar refractivity (Wildman–Crippen MR) is 113 cm³/mol. The van der Waals surface area contributed by atoms with Gasteiger partial charge >= 0.3 is 0 Å². The minimum atomic E-state index is -0.0330. The van der Waals surface area contributed by atoms with Crippen molar-refractivity contribution in [2.45, 2.75) is 19.0 Å². The molecule has 0 bridgehead atoms. The fourth-order valence-electron chi connectivity index (χ4n) is 3.20. The molecule has 3 aromatic rings. The van der Waals surface area contributed by atoms with Crippen LogP contribution in [0, 0.1) is 0 Å². The van der Waals surface area contributed by atoms with Gasteiger partial charge in [0.05, 0.1) is 20.8 Å². The number of hydrogen-bond acceptors (Lipinski definition) is 4. The first-order valence-corrected chi connectivity index (χ1v) is 9.43. The number of nitrogens with one attached hydrogen (secondary N) is 1. The number of aliphatic hydroxyl groups excluding tert-OH is 1. The third-order valence-corrected chi connectivity index (χ3v) is 4.84. The Hall–Kier alpha value is -2.82. The zero-order chi connectivity index (χ0) is 19.8. The highest BCUT2D eigenvalue weighted by molar-refractivity contribution is 5.63. The Balaban J connectivity index is 1.62. The second-order valence-electron chi connectivity index (χ2n) is 6.71. The third-order valence-electron chi connectivity index (χ3n) is 4.84. The molecule has 0 aromatic heterocycles. The monoisotopic (exact) mass is 377 g/mol. The highest BCUT2D eigenvalue weighted by atomic mass is 16.5. The molecule has 4 nitrogen and oxygen atoms in total. The Morgan fingerprint density at radius 3 is 2.21 bits per heavy atom. The van der Waals surface area contributed by atoms with E-state index < -0.39 is 0 Å². The normalized spacial score (nSPS) is 11.8. The van der Waals surface area contributed by atoms with Gasteiger partial charge < -0.3 is 19.9 Å². The van der Waals surface area contributed by atoms with Gasteiger partial charge in [-0.3, -0.25) is 0 Å². The smallest absolute Gasteiger partial charge is 0.127 e. The van der Waals surface area contributed by atoms with Crippen LogP contribution < -0.4 is 14.8 Å². The molecule has 3 aromatic carbocycles. The molecule has 0 heterocycles. The second kappa shape index (κ2) is 9.93. The molecule has 3 rings (SSSR count). The van der Waals surface area contributed by atoms with Gasteiger partial charge in [-0.05, 0) is 29.2 Å². The van der Waals surface area contributed by atoms with Crippen LogP contribution in [0.1, 0.15) is 11.1 Å². The predicted octanol–water partition coefficient (Wildman–Crippen LogP) is 4.06. The molecule has 0 fully saturated rings. The summed E-state index contributed by atoms with van der Waals surface area (Å²) in [7, 11) is 3.29. The molecule has 2 N–H and O–H groups in total. The van der Waals surface area contributed by atoms with Crippen LogP contribution in [0.15, 0.2) is 72.8 Å². The maximum absolute atomic E-state index is 9.79. The largest absolute Gasteiger partial charge is 0.497 e. The molecule has 1 atom stereocenters. The van der Waals surface area contributed by atoms with E-state index in [1.54, 1.807) is 14.2 Å². The Morgan fingerprint density at radius 1 is 0.857 bits per heavy atom. The Bertz CT molecular complexity index is 863. The van der Waals surface area contributed by atoms with Gasteiger partial charge in [-0.1, -0.05) is 60.7 Å². The molecule has 0 unspecified atom stereocenters. The minimum Gasteiger partial charge on any atom is -0.497 e. The number of hydrogen-bond donors (Lipinski definition) is 2. The van der Waals surface area contributed by atoms with Crippen LogP contribution in [-0.4, -0.2) is 32.0 Å². The summed E-state index contributed by atoms with van der Waals surface area (Å²) in [6, 6.07) is 24.6. The van der Waals surface area contributed by atoms with Crippen molar-refractivity contribution in [3.8, 4) is 22.6 Å². The zero-order valence-electron chi connectivity index (χ0n) is 16.4. The highest BCUT2D eigenvalue weighted by Crippen LogP contribution is 2.24. The van der Waals surface area contributed by atoms with Gasteiger partial charge in [-0.15, -0.1) is 0 Å². The number of rotatable bonds is 9. The lowest BCUT2D eigenvalue weighted by atomic mass is 10.0. The molecular weight excluding hydrogens is 350 g/mol. The maximum Gasteiger partial charge on any atom is 0.127 e.